The van der Waals surface area contributed by atoms with Gasteiger partial charge in [0.15, 0.2) is 5.79 Å². The molecular formula is C28H40O4. The first kappa shape index (κ1) is 23.5. The molecule has 0 N–H and O–H groups in total. The van der Waals surface area contributed by atoms with Crippen LogP contribution in [-0.2, 0) is 14.2 Å². The van der Waals surface area contributed by atoms with Gasteiger partial charge in [-0.05, 0) is 62.3 Å². The average Bonchev–Trinajstić information content (AvgIpc) is 3.48. The molecule has 0 amide bonds. The lowest BCUT2D eigenvalue weighted by Crippen LogP contribution is -2.60. The Labute approximate surface area is 193 Å². The van der Waals surface area contributed by atoms with Crippen LogP contribution < -0.4 is 0 Å². The van der Waals surface area contributed by atoms with E-state index in [9.17, 15) is 0 Å². The molecule has 3 fully saturated rings. The van der Waals surface area contributed by atoms with Gasteiger partial charge >= 0.3 is 0 Å². The van der Waals surface area contributed by atoms with E-state index in [4.69, 9.17) is 18.6 Å². The second-order valence-electron chi connectivity index (χ2n) is 10.5. The quantitative estimate of drug-likeness (QED) is 0.382. The molecule has 4 rings (SSSR count). The number of ether oxygens (including phenoxy) is 3. The molecule has 3 aliphatic rings. The predicted octanol–water partition coefficient (Wildman–Crippen LogP) is 7.16. The van der Waals surface area contributed by atoms with E-state index in [2.05, 4.69) is 33.6 Å². The molecule has 1 saturated heterocycles. The van der Waals surface area contributed by atoms with Gasteiger partial charge < -0.3 is 18.6 Å². The highest BCUT2D eigenvalue weighted by atomic mass is 16.7. The standard InChI is InChI=1S/C28H40O4/c1-6-8-24(23-12-16-29-20-23)30-19-21(2)10-14-26(4)22(3)11-15-27(5)25(26)9-7-13-28(27)31-17-18-32-28/h6,12,16,20,24-25H,1-3,7-11,13-15,17-19H2,4-5H3/t24-,25+,26-,27+/m0/s1. The third-order valence-electron chi connectivity index (χ3n) is 8.70. The van der Waals surface area contributed by atoms with Crippen LogP contribution in [0.3, 0.4) is 0 Å². The Morgan fingerprint density at radius 2 is 2.06 bits per heavy atom. The molecule has 4 heteroatoms. The molecule has 1 spiro atoms. The van der Waals surface area contributed by atoms with Gasteiger partial charge in [-0.15, -0.1) is 6.58 Å². The minimum atomic E-state index is -0.402. The molecule has 1 aromatic heterocycles. The zero-order valence-electron chi connectivity index (χ0n) is 20.0. The number of allylic oxidation sites excluding steroid dienone is 1. The van der Waals surface area contributed by atoms with E-state index in [1.165, 1.54) is 12.0 Å². The van der Waals surface area contributed by atoms with E-state index in [1.54, 1.807) is 12.5 Å². The van der Waals surface area contributed by atoms with Gasteiger partial charge in [0, 0.05) is 17.4 Å². The number of furan rings is 1. The molecule has 2 aliphatic carbocycles. The van der Waals surface area contributed by atoms with E-state index in [0.717, 1.165) is 69.3 Å². The van der Waals surface area contributed by atoms with Gasteiger partial charge in [-0.2, -0.15) is 0 Å². The first-order chi connectivity index (χ1) is 15.3. The summed E-state index contributed by atoms with van der Waals surface area (Å²) in [6, 6.07) is 1.96. The van der Waals surface area contributed by atoms with E-state index >= 15 is 0 Å². The summed E-state index contributed by atoms with van der Waals surface area (Å²) in [5.74, 6) is 0.108. The van der Waals surface area contributed by atoms with Crippen molar-refractivity contribution in [3.63, 3.8) is 0 Å². The molecule has 2 saturated carbocycles. The number of hydrogen-bond acceptors (Lipinski definition) is 4. The van der Waals surface area contributed by atoms with Crippen LogP contribution in [-0.4, -0.2) is 25.6 Å². The molecule has 1 aromatic rings. The van der Waals surface area contributed by atoms with Crippen LogP contribution in [0.25, 0.3) is 0 Å². The molecule has 4 nitrogen and oxygen atoms in total. The van der Waals surface area contributed by atoms with E-state index in [0.29, 0.717) is 12.5 Å². The monoisotopic (exact) mass is 440 g/mol. The molecular weight excluding hydrogens is 400 g/mol. The normalized spacial score (nSPS) is 32.6. The third-order valence-corrected chi connectivity index (χ3v) is 8.70. The molecule has 4 atom stereocenters. The minimum absolute atomic E-state index is 0.0336. The average molecular weight is 441 g/mol. The van der Waals surface area contributed by atoms with Gasteiger partial charge in [0.05, 0.1) is 38.5 Å². The molecule has 2 heterocycles. The molecule has 176 valence electrons. The Hall–Kier alpha value is -1.62. The first-order valence-corrected chi connectivity index (χ1v) is 12.2. The highest BCUT2D eigenvalue weighted by Crippen LogP contribution is 2.65. The maximum atomic E-state index is 6.33. The van der Waals surface area contributed by atoms with Crippen molar-refractivity contribution in [1.82, 2.24) is 0 Å². The summed E-state index contributed by atoms with van der Waals surface area (Å²) in [4.78, 5) is 0. The summed E-state index contributed by atoms with van der Waals surface area (Å²) in [5, 5.41) is 0. The Balaban J connectivity index is 1.41. The molecule has 0 unspecified atom stereocenters. The van der Waals surface area contributed by atoms with Crippen LogP contribution in [0, 0.1) is 16.7 Å². The van der Waals surface area contributed by atoms with E-state index in [-0.39, 0.29) is 16.9 Å². The maximum absolute atomic E-state index is 6.33. The summed E-state index contributed by atoms with van der Waals surface area (Å²) >= 11 is 0. The summed E-state index contributed by atoms with van der Waals surface area (Å²) in [7, 11) is 0. The van der Waals surface area contributed by atoms with Crippen molar-refractivity contribution in [2.24, 2.45) is 16.7 Å². The van der Waals surface area contributed by atoms with Crippen LogP contribution >= 0.6 is 0 Å². The fourth-order valence-electron chi connectivity index (χ4n) is 6.65. The number of hydrogen-bond donors (Lipinski definition) is 0. The van der Waals surface area contributed by atoms with Crippen LogP contribution in [0.4, 0.5) is 0 Å². The second kappa shape index (κ2) is 9.32. The smallest absolute Gasteiger partial charge is 0.174 e. The van der Waals surface area contributed by atoms with Crippen molar-refractivity contribution >= 4 is 0 Å². The predicted molar refractivity (Wildman–Crippen MR) is 127 cm³/mol. The summed E-state index contributed by atoms with van der Waals surface area (Å²) in [6.07, 6.45) is 13.5. The molecule has 0 bridgehead atoms. The third kappa shape index (κ3) is 4.06. The first-order valence-electron chi connectivity index (χ1n) is 12.2. The lowest BCUT2D eigenvalue weighted by molar-refractivity contribution is -0.286. The minimum Gasteiger partial charge on any atom is -0.472 e. The zero-order chi connectivity index (χ0) is 22.8. The van der Waals surface area contributed by atoms with Crippen molar-refractivity contribution in [3.8, 4) is 0 Å². The number of fused-ring (bicyclic) bond motifs is 2. The largest absolute Gasteiger partial charge is 0.472 e. The summed E-state index contributed by atoms with van der Waals surface area (Å²) < 4.78 is 24.1. The summed E-state index contributed by atoms with van der Waals surface area (Å²) in [6.45, 7) is 19.6. The molecule has 1 aliphatic heterocycles. The molecule has 0 radical (unpaired) electrons. The van der Waals surface area contributed by atoms with Crippen LogP contribution in [0.5, 0.6) is 0 Å². The topological polar surface area (TPSA) is 40.8 Å². The summed E-state index contributed by atoms with van der Waals surface area (Å²) in [5.41, 5.74) is 3.65. The Morgan fingerprint density at radius 1 is 1.28 bits per heavy atom. The van der Waals surface area contributed by atoms with Gasteiger partial charge in [0.25, 0.3) is 0 Å². The van der Waals surface area contributed by atoms with Gasteiger partial charge in [-0.1, -0.05) is 44.2 Å². The second-order valence-corrected chi connectivity index (χ2v) is 10.5. The van der Waals surface area contributed by atoms with Crippen molar-refractivity contribution in [2.75, 3.05) is 19.8 Å². The Bertz CT molecular complexity index is 818. The van der Waals surface area contributed by atoms with E-state index in [1.807, 2.05) is 12.1 Å². The Morgan fingerprint density at radius 3 is 2.75 bits per heavy atom. The SMILES string of the molecule is C=CC[C@H](OCC(=C)CC[C@@]1(C)C(=C)CC[C@]2(C)[C@@H]1CCCC21OCCO1)c1ccoc1. The lowest BCUT2D eigenvalue weighted by atomic mass is 9.47. The fraction of sp³-hybridized carbons (Fsp3) is 0.643. The van der Waals surface area contributed by atoms with Crippen LogP contribution in [0.15, 0.2) is 60.0 Å². The van der Waals surface area contributed by atoms with Gasteiger partial charge in [0.1, 0.15) is 0 Å². The molecule has 0 aromatic carbocycles. The van der Waals surface area contributed by atoms with Gasteiger partial charge in [-0.25, -0.2) is 0 Å². The fourth-order valence-corrected chi connectivity index (χ4v) is 6.65. The van der Waals surface area contributed by atoms with Gasteiger partial charge in [0.2, 0.25) is 0 Å². The van der Waals surface area contributed by atoms with Crippen molar-refractivity contribution in [1.29, 1.82) is 0 Å². The maximum Gasteiger partial charge on any atom is 0.174 e. The highest BCUT2D eigenvalue weighted by Gasteiger charge is 2.63. The van der Waals surface area contributed by atoms with Crippen LogP contribution in [0.2, 0.25) is 0 Å². The molecule has 32 heavy (non-hydrogen) atoms. The van der Waals surface area contributed by atoms with Crippen molar-refractivity contribution in [2.45, 2.75) is 77.1 Å². The van der Waals surface area contributed by atoms with E-state index < -0.39 is 5.79 Å². The number of rotatable bonds is 9. The van der Waals surface area contributed by atoms with Crippen LogP contribution in [0.1, 0.15) is 76.9 Å². The van der Waals surface area contributed by atoms with Crippen molar-refractivity contribution < 1.29 is 18.6 Å². The zero-order valence-corrected chi connectivity index (χ0v) is 20.0. The lowest BCUT2D eigenvalue weighted by Gasteiger charge is -2.61. The van der Waals surface area contributed by atoms with Crippen molar-refractivity contribution in [3.05, 3.63) is 61.1 Å². The Kier molecular flexibility index (Phi) is 6.86. The van der Waals surface area contributed by atoms with Gasteiger partial charge in [-0.3, -0.25) is 0 Å². The highest BCUT2D eigenvalue weighted by molar-refractivity contribution is 5.22.